The maximum absolute atomic E-state index is 10.6. The molecule has 0 saturated carbocycles. The zero-order valence-electron chi connectivity index (χ0n) is 11.2. The minimum Gasteiger partial charge on any atom is -0.496 e. The van der Waals surface area contributed by atoms with Gasteiger partial charge in [-0.3, -0.25) is 4.79 Å². The number of methoxy groups -OCH3 is 2. The van der Waals surface area contributed by atoms with Crippen LogP contribution in [0.1, 0.15) is 12.0 Å². The minimum absolute atomic E-state index is 0.296. The molecule has 0 heterocycles. The van der Waals surface area contributed by atoms with Crippen molar-refractivity contribution < 1.29 is 14.3 Å². The molecule has 0 aromatic heterocycles. The highest BCUT2D eigenvalue weighted by molar-refractivity contribution is 9.10. The highest BCUT2D eigenvalue weighted by atomic mass is 79.9. The first kappa shape index (κ1) is 15.8. The van der Waals surface area contributed by atoms with E-state index in [1.165, 1.54) is 0 Å². The van der Waals surface area contributed by atoms with Crippen LogP contribution in [0.4, 0.5) is 0 Å². The van der Waals surface area contributed by atoms with E-state index in [9.17, 15) is 4.79 Å². The SMILES string of the molecule is COc1cc(CCNCCC(N)=O)c(OC)cc1Br. The zero-order chi connectivity index (χ0) is 14.3. The van der Waals surface area contributed by atoms with Gasteiger partial charge < -0.3 is 20.5 Å². The predicted octanol–water partition coefficient (Wildman–Crippen LogP) is 1.47. The third-order valence-electron chi connectivity index (χ3n) is 2.67. The lowest BCUT2D eigenvalue weighted by molar-refractivity contribution is -0.117. The van der Waals surface area contributed by atoms with Crippen molar-refractivity contribution >= 4 is 21.8 Å². The number of carbonyl (C=O) groups is 1. The summed E-state index contributed by atoms with van der Waals surface area (Å²) in [6, 6.07) is 3.83. The number of ether oxygens (including phenoxy) is 2. The van der Waals surface area contributed by atoms with Gasteiger partial charge in [-0.1, -0.05) is 0 Å². The lowest BCUT2D eigenvalue weighted by Gasteiger charge is -2.12. The molecule has 5 nitrogen and oxygen atoms in total. The Morgan fingerprint density at radius 3 is 2.53 bits per heavy atom. The lowest BCUT2D eigenvalue weighted by Crippen LogP contribution is -2.23. The van der Waals surface area contributed by atoms with Gasteiger partial charge in [-0.05, 0) is 46.6 Å². The summed E-state index contributed by atoms with van der Waals surface area (Å²) in [5.74, 6) is 1.28. The molecule has 6 heteroatoms. The van der Waals surface area contributed by atoms with Gasteiger partial charge in [0, 0.05) is 13.0 Å². The maximum atomic E-state index is 10.6. The summed E-state index contributed by atoms with van der Waals surface area (Å²) in [6.07, 6.45) is 1.13. The fourth-order valence-electron chi connectivity index (χ4n) is 1.68. The number of primary amides is 1. The fraction of sp³-hybridized carbons (Fsp3) is 0.462. The Kier molecular flexibility index (Phi) is 6.66. The van der Waals surface area contributed by atoms with Gasteiger partial charge in [0.2, 0.25) is 5.91 Å². The molecule has 1 amide bonds. The van der Waals surface area contributed by atoms with Gasteiger partial charge in [-0.25, -0.2) is 0 Å². The van der Waals surface area contributed by atoms with Crippen molar-refractivity contribution in [2.24, 2.45) is 5.73 Å². The summed E-state index contributed by atoms with van der Waals surface area (Å²) in [5, 5.41) is 3.16. The summed E-state index contributed by atoms with van der Waals surface area (Å²) in [7, 11) is 3.26. The molecule has 3 N–H and O–H groups in total. The minimum atomic E-state index is -0.296. The summed E-state index contributed by atoms with van der Waals surface area (Å²) >= 11 is 3.42. The summed E-state index contributed by atoms with van der Waals surface area (Å²) in [5.41, 5.74) is 6.12. The van der Waals surface area contributed by atoms with Crippen molar-refractivity contribution in [3.8, 4) is 11.5 Å². The second kappa shape index (κ2) is 8.01. The molecule has 19 heavy (non-hydrogen) atoms. The third kappa shape index (κ3) is 5.08. The number of hydrogen-bond acceptors (Lipinski definition) is 4. The molecule has 0 spiro atoms. The largest absolute Gasteiger partial charge is 0.496 e. The second-order valence-corrected chi connectivity index (χ2v) is 4.87. The van der Waals surface area contributed by atoms with E-state index in [1.54, 1.807) is 14.2 Å². The molecule has 1 rings (SSSR count). The molecular weight excluding hydrogens is 312 g/mol. The van der Waals surface area contributed by atoms with Crippen LogP contribution in [-0.2, 0) is 11.2 Å². The van der Waals surface area contributed by atoms with Gasteiger partial charge in [0.15, 0.2) is 0 Å². The Labute approximate surface area is 121 Å². The molecule has 0 bridgehead atoms. The van der Waals surface area contributed by atoms with E-state index < -0.39 is 0 Å². The maximum Gasteiger partial charge on any atom is 0.218 e. The van der Waals surface area contributed by atoms with Crippen LogP contribution in [0, 0.1) is 0 Å². The number of carbonyl (C=O) groups excluding carboxylic acids is 1. The number of nitrogens with one attached hydrogen (secondary N) is 1. The number of amides is 1. The Balaban J connectivity index is 2.58. The zero-order valence-corrected chi connectivity index (χ0v) is 12.7. The van der Waals surface area contributed by atoms with Crippen LogP contribution in [0.25, 0.3) is 0 Å². The molecule has 106 valence electrons. The Morgan fingerprint density at radius 2 is 1.95 bits per heavy atom. The van der Waals surface area contributed by atoms with E-state index >= 15 is 0 Å². The average Bonchev–Trinajstić information content (AvgIpc) is 2.38. The molecule has 0 atom stereocenters. The topological polar surface area (TPSA) is 73.6 Å². The van der Waals surface area contributed by atoms with Crippen molar-refractivity contribution in [3.63, 3.8) is 0 Å². The van der Waals surface area contributed by atoms with Crippen molar-refractivity contribution in [3.05, 3.63) is 22.2 Å². The lowest BCUT2D eigenvalue weighted by atomic mass is 10.1. The first-order valence-corrected chi connectivity index (χ1v) is 6.77. The fourth-order valence-corrected chi connectivity index (χ4v) is 2.16. The van der Waals surface area contributed by atoms with Crippen LogP contribution in [0.15, 0.2) is 16.6 Å². The number of nitrogens with two attached hydrogens (primary N) is 1. The monoisotopic (exact) mass is 330 g/mol. The van der Waals surface area contributed by atoms with Crippen molar-refractivity contribution in [1.82, 2.24) is 5.32 Å². The van der Waals surface area contributed by atoms with Crippen LogP contribution >= 0.6 is 15.9 Å². The molecule has 1 aromatic carbocycles. The Morgan fingerprint density at radius 1 is 1.26 bits per heavy atom. The van der Waals surface area contributed by atoms with Crippen LogP contribution < -0.4 is 20.5 Å². The normalized spacial score (nSPS) is 10.3. The molecule has 0 unspecified atom stereocenters. The smallest absolute Gasteiger partial charge is 0.218 e. The van der Waals surface area contributed by atoms with E-state index in [0.717, 1.165) is 34.5 Å². The van der Waals surface area contributed by atoms with Crippen LogP contribution in [0.2, 0.25) is 0 Å². The summed E-state index contributed by atoms with van der Waals surface area (Å²) < 4.78 is 11.5. The summed E-state index contributed by atoms with van der Waals surface area (Å²) in [6.45, 7) is 1.33. The van der Waals surface area contributed by atoms with Gasteiger partial charge in [0.25, 0.3) is 0 Å². The molecule has 0 fully saturated rings. The van der Waals surface area contributed by atoms with Gasteiger partial charge in [-0.2, -0.15) is 0 Å². The Bertz CT molecular complexity index is 438. The van der Waals surface area contributed by atoms with E-state index in [0.29, 0.717) is 13.0 Å². The van der Waals surface area contributed by atoms with Gasteiger partial charge in [0.1, 0.15) is 11.5 Å². The predicted molar refractivity (Wildman–Crippen MR) is 77.6 cm³/mol. The van der Waals surface area contributed by atoms with Gasteiger partial charge >= 0.3 is 0 Å². The number of halogens is 1. The molecule has 1 aromatic rings. The van der Waals surface area contributed by atoms with Crippen molar-refractivity contribution in [2.75, 3.05) is 27.3 Å². The first-order valence-electron chi connectivity index (χ1n) is 5.98. The molecule has 0 aliphatic rings. The third-order valence-corrected chi connectivity index (χ3v) is 3.29. The average molecular weight is 331 g/mol. The molecule has 0 aliphatic heterocycles. The second-order valence-electron chi connectivity index (χ2n) is 4.01. The highest BCUT2D eigenvalue weighted by Crippen LogP contribution is 2.32. The van der Waals surface area contributed by atoms with Crippen LogP contribution in [0.5, 0.6) is 11.5 Å². The van der Waals surface area contributed by atoms with E-state index in [2.05, 4.69) is 21.2 Å². The quantitative estimate of drug-likeness (QED) is 0.708. The molecule has 0 radical (unpaired) electrons. The Hall–Kier alpha value is -1.27. The van der Waals surface area contributed by atoms with E-state index in [1.807, 2.05) is 12.1 Å². The van der Waals surface area contributed by atoms with Crippen LogP contribution in [-0.4, -0.2) is 33.2 Å². The molecule has 0 aliphatic carbocycles. The molecular formula is C13H19BrN2O3. The van der Waals surface area contributed by atoms with E-state index in [-0.39, 0.29) is 5.91 Å². The van der Waals surface area contributed by atoms with Gasteiger partial charge in [0.05, 0.1) is 18.7 Å². The van der Waals surface area contributed by atoms with Gasteiger partial charge in [-0.15, -0.1) is 0 Å². The van der Waals surface area contributed by atoms with E-state index in [4.69, 9.17) is 15.2 Å². The summed E-state index contributed by atoms with van der Waals surface area (Å²) in [4.78, 5) is 10.6. The van der Waals surface area contributed by atoms with Crippen molar-refractivity contribution in [2.45, 2.75) is 12.8 Å². The van der Waals surface area contributed by atoms with Crippen molar-refractivity contribution in [1.29, 1.82) is 0 Å². The highest BCUT2D eigenvalue weighted by Gasteiger charge is 2.09. The first-order chi connectivity index (χ1) is 9.08. The standard InChI is InChI=1S/C13H19BrN2O3/c1-18-11-8-10(14)12(19-2)7-9(11)3-5-16-6-4-13(15)17/h7-8,16H,3-6H2,1-2H3,(H2,15,17). The number of hydrogen-bond donors (Lipinski definition) is 2. The number of benzene rings is 1. The molecule has 0 saturated heterocycles. The number of rotatable bonds is 8. The van der Waals surface area contributed by atoms with Crippen LogP contribution in [0.3, 0.4) is 0 Å².